The summed E-state index contributed by atoms with van der Waals surface area (Å²) in [5.74, 6) is -0.409. The van der Waals surface area contributed by atoms with Crippen molar-refractivity contribution in [2.45, 2.75) is 39.5 Å². The fourth-order valence-electron chi connectivity index (χ4n) is 2.11. The van der Waals surface area contributed by atoms with Gasteiger partial charge in [-0.25, -0.2) is 0 Å². The van der Waals surface area contributed by atoms with Crippen LogP contribution >= 0.6 is 22.7 Å². The van der Waals surface area contributed by atoms with Gasteiger partial charge in [0.25, 0.3) is 5.91 Å². The molecule has 22 heavy (non-hydrogen) atoms. The van der Waals surface area contributed by atoms with Crippen LogP contribution in [0.5, 0.6) is 0 Å². The maximum absolute atomic E-state index is 12.0. The first-order valence-corrected chi connectivity index (χ1v) is 9.00. The Kier molecular flexibility index (Phi) is 6.15. The Balaban J connectivity index is 1.72. The fraction of sp³-hybridized carbons (Fsp3) is 0.375. The molecule has 2 aromatic rings. The quantitative estimate of drug-likeness (QED) is 0.794. The molecule has 0 unspecified atom stereocenters. The third kappa shape index (κ3) is 4.68. The lowest BCUT2D eigenvalue weighted by molar-refractivity contribution is -0.121. The van der Waals surface area contributed by atoms with E-state index in [4.69, 9.17) is 0 Å². The molecule has 0 saturated heterocycles. The van der Waals surface area contributed by atoms with Crippen LogP contribution in [0.25, 0.3) is 0 Å². The number of carbonyl (C=O) groups is 2. The van der Waals surface area contributed by atoms with Gasteiger partial charge in [0.05, 0.1) is 4.88 Å². The van der Waals surface area contributed by atoms with Crippen molar-refractivity contribution in [1.29, 1.82) is 0 Å². The molecule has 0 bridgehead atoms. The molecule has 0 radical (unpaired) electrons. The Morgan fingerprint density at radius 1 is 1.27 bits per heavy atom. The predicted octanol–water partition coefficient (Wildman–Crippen LogP) is 3.46. The van der Waals surface area contributed by atoms with Crippen LogP contribution in [0.2, 0.25) is 0 Å². The van der Waals surface area contributed by atoms with E-state index in [0.717, 1.165) is 24.8 Å². The Morgan fingerprint density at radius 3 is 2.73 bits per heavy atom. The summed E-state index contributed by atoms with van der Waals surface area (Å²) in [7, 11) is 0. The van der Waals surface area contributed by atoms with Crippen LogP contribution < -0.4 is 10.9 Å². The molecule has 4 nitrogen and oxygen atoms in total. The molecule has 2 aromatic heterocycles. The van der Waals surface area contributed by atoms with Crippen LogP contribution in [0, 0.1) is 6.92 Å². The van der Waals surface area contributed by atoms with Gasteiger partial charge in [-0.15, -0.1) is 22.7 Å². The summed E-state index contributed by atoms with van der Waals surface area (Å²) >= 11 is 3.17. The standard InChI is InChI=1S/C16H20N2O2S2/c1-3-13-11(2)10-14(22-13)16(20)18-17-15(19)8-4-6-12-7-5-9-21-12/h5,7,9-10H,3-4,6,8H2,1-2H3,(H,17,19)(H,18,20). The molecule has 2 heterocycles. The van der Waals surface area contributed by atoms with Crippen LogP contribution in [0.4, 0.5) is 0 Å². The second kappa shape index (κ2) is 8.10. The minimum Gasteiger partial charge on any atom is -0.273 e. The van der Waals surface area contributed by atoms with Gasteiger partial charge < -0.3 is 0 Å². The molecule has 0 aromatic carbocycles. The van der Waals surface area contributed by atoms with Crippen LogP contribution in [-0.4, -0.2) is 11.8 Å². The van der Waals surface area contributed by atoms with E-state index in [2.05, 4.69) is 23.8 Å². The van der Waals surface area contributed by atoms with Gasteiger partial charge in [-0.3, -0.25) is 20.4 Å². The molecule has 0 aliphatic heterocycles. The number of aryl methyl sites for hydroxylation is 3. The summed E-state index contributed by atoms with van der Waals surface area (Å²) in [6, 6.07) is 5.93. The van der Waals surface area contributed by atoms with Crippen molar-refractivity contribution in [2.24, 2.45) is 0 Å². The van der Waals surface area contributed by atoms with E-state index in [1.54, 1.807) is 11.3 Å². The van der Waals surface area contributed by atoms with Gasteiger partial charge in [-0.2, -0.15) is 0 Å². The molecule has 0 fully saturated rings. The molecule has 2 rings (SSSR count). The number of hydrazine groups is 1. The first-order valence-electron chi connectivity index (χ1n) is 7.31. The smallest absolute Gasteiger partial charge is 0.273 e. The van der Waals surface area contributed by atoms with Crippen LogP contribution in [0.1, 0.15) is 44.8 Å². The SMILES string of the molecule is CCc1sc(C(=O)NNC(=O)CCCc2cccs2)cc1C. The molecule has 6 heteroatoms. The predicted molar refractivity (Wildman–Crippen MR) is 91.3 cm³/mol. The van der Waals surface area contributed by atoms with Gasteiger partial charge in [0.15, 0.2) is 0 Å². The highest BCUT2D eigenvalue weighted by atomic mass is 32.1. The first-order chi connectivity index (χ1) is 10.6. The van der Waals surface area contributed by atoms with Gasteiger partial charge in [0, 0.05) is 16.2 Å². The number of rotatable bonds is 6. The second-order valence-electron chi connectivity index (χ2n) is 5.01. The molecule has 0 spiro atoms. The number of amides is 2. The molecule has 0 atom stereocenters. The summed E-state index contributed by atoms with van der Waals surface area (Å²) in [4.78, 5) is 26.8. The second-order valence-corrected chi connectivity index (χ2v) is 7.17. The monoisotopic (exact) mass is 336 g/mol. The highest BCUT2D eigenvalue weighted by Crippen LogP contribution is 2.22. The summed E-state index contributed by atoms with van der Waals surface area (Å²) in [5.41, 5.74) is 6.09. The normalized spacial score (nSPS) is 10.5. The topological polar surface area (TPSA) is 58.2 Å². The lowest BCUT2D eigenvalue weighted by Crippen LogP contribution is -2.41. The zero-order chi connectivity index (χ0) is 15.9. The Labute approximate surface area is 138 Å². The molecular formula is C16H20N2O2S2. The van der Waals surface area contributed by atoms with Crippen LogP contribution in [-0.2, 0) is 17.6 Å². The van der Waals surface area contributed by atoms with Crippen LogP contribution in [0.3, 0.4) is 0 Å². The zero-order valence-corrected chi connectivity index (χ0v) is 14.4. The van der Waals surface area contributed by atoms with E-state index in [1.807, 2.05) is 24.4 Å². The lowest BCUT2D eigenvalue weighted by Gasteiger charge is -2.05. The lowest BCUT2D eigenvalue weighted by atomic mass is 10.2. The third-order valence-electron chi connectivity index (χ3n) is 3.29. The Bertz CT molecular complexity index is 633. The largest absolute Gasteiger partial charge is 0.279 e. The minimum atomic E-state index is -0.251. The molecule has 0 aliphatic rings. The average molecular weight is 336 g/mol. The number of nitrogens with one attached hydrogen (secondary N) is 2. The molecular weight excluding hydrogens is 316 g/mol. The average Bonchev–Trinajstić information content (AvgIpc) is 3.14. The van der Waals surface area contributed by atoms with Gasteiger partial charge in [0.2, 0.25) is 5.91 Å². The van der Waals surface area contributed by atoms with E-state index >= 15 is 0 Å². The zero-order valence-electron chi connectivity index (χ0n) is 12.8. The van der Waals surface area contributed by atoms with E-state index in [9.17, 15) is 9.59 Å². The molecule has 118 valence electrons. The number of hydrogen-bond acceptors (Lipinski definition) is 4. The van der Waals surface area contributed by atoms with E-state index in [0.29, 0.717) is 11.3 Å². The minimum absolute atomic E-state index is 0.158. The summed E-state index contributed by atoms with van der Waals surface area (Å²) in [5, 5.41) is 2.03. The molecule has 0 aliphatic carbocycles. The summed E-state index contributed by atoms with van der Waals surface area (Å²) in [6.07, 6.45) is 2.99. The van der Waals surface area contributed by atoms with Crippen molar-refractivity contribution in [3.05, 3.63) is 43.8 Å². The Hall–Kier alpha value is -1.66. The van der Waals surface area contributed by atoms with E-state index in [1.165, 1.54) is 21.1 Å². The highest BCUT2D eigenvalue weighted by molar-refractivity contribution is 7.14. The third-order valence-corrected chi connectivity index (χ3v) is 5.60. The molecule has 2 amide bonds. The highest BCUT2D eigenvalue weighted by Gasteiger charge is 2.12. The summed E-state index contributed by atoms with van der Waals surface area (Å²) < 4.78 is 0. The van der Waals surface area contributed by atoms with Crippen molar-refractivity contribution >= 4 is 34.5 Å². The van der Waals surface area contributed by atoms with Gasteiger partial charge in [0.1, 0.15) is 0 Å². The molecule has 2 N–H and O–H groups in total. The van der Waals surface area contributed by atoms with Crippen molar-refractivity contribution in [2.75, 3.05) is 0 Å². The van der Waals surface area contributed by atoms with E-state index in [-0.39, 0.29) is 11.8 Å². The van der Waals surface area contributed by atoms with Crippen molar-refractivity contribution in [3.63, 3.8) is 0 Å². The van der Waals surface area contributed by atoms with Crippen molar-refractivity contribution in [3.8, 4) is 0 Å². The fourth-order valence-corrected chi connectivity index (χ4v) is 3.87. The van der Waals surface area contributed by atoms with Crippen molar-refractivity contribution < 1.29 is 9.59 Å². The van der Waals surface area contributed by atoms with Gasteiger partial charge in [-0.05, 0) is 49.3 Å². The van der Waals surface area contributed by atoms with Gasteiger partial charge >= 0.3 is 0 Å². The van der Waals surface area contributed by atoms with Gasteiger partial charge in [-0.1, -0.05) is 13.0 Å². The number of thiophene rings is 2. The van der Waals surface area contributed by atoms with Crippen molar-refractivity contribution in [1.82, 2.24) is 10.9 Å². The maximum Gasteiger partial charge on any atom is 0.279 e. The number of carbonyl (C=O) groups excluding carboxylic acids is 2. The molecule has 0 saturated carbocycles. The van der Waals surface area contributed by atoms with E-state index < -0.39 is 0 Å². The van der Waals surface area contributed by atoms with Crippen LogP contribution in [0.15, 0.2) is 23.6 Å². The number of hydrogen-bond donors (Lipinski definition) is 2. The Morgan fingerprint density at radius 2 is 2.09 bits per heavy atom. The summed E-state index contributed by atoms with van der Waals surface area (Å²) in [6.45, 7) is 4.06. The maximum atomic E-state index is 12.0. The first kappa shape index (κ1) is 16.7.